The Bertz CT molecular complexity index is 1290. The quantitative estimate of drug-likeness (QED) is 0.275. The van der Waals surface area contributed by atoms with Crippen LogP contribution < -0.4 is 4.90 Å². The molecular formula is C32H31N. The van der Waals surface area contributed by atoms with E-state index in [-0.39, 0.29) is 0 Å². The molecule has 5 aromatic carbocycles. The van der Waals surface area contributed by atoms with Crippen molar-refractivity contribution in [3.63, 3.8) is 0 Å². The number of anilines is 3. The molecule has 0 radical (unpaired) electrons. The van der Waals surface area contributed by atoms with Gasteiger partial charge in [0.2, 0.25) is 0 Å². The topological polar surface area (TPSA) is 3.24 Å². The van der Waals surface area contributed by atoms with Gasteiger partial charge in [0.1, 0.15) is 0 Å². The first-order chi connectivity index (χ1) is 16.1. The van der Waals surface area contributed by atoms with Crippen molar-refractivity contribution in [3.05, 3.63) is 138 Å². The van der Waals surface area contributed by atoms with Crippen molar-refractivity contribution in [2.45, 2.75) is 27.2 Å². The molecule has 0 aliphatic heterocycles. The van der Waals surface area contributed by atoms with Crippen LogP contribution in [0.25, 0.3) is 10.8 Å². The summed E-state index contributed by atoms with van der Waals surface area (Å²) < 4.78 is 0. The van der Waals surface area contributed by atoms with Crippen LogP contribution in [0.3, 0.4) is 0 Å². The van der Waals surface area contributed by atoms with E-state index in [0.29, 0.717) is 0 Å². The highest BCUT2D eigenvalue weighted by Gasteiger charge is 2.12. The van der Waals surface area contributed by atoms with Crippen LogP contribution in [-0.2, 0) is 6.42 Å². The van der Waals surface area contributed by atoms with Crippen LogP contribution in [0.4, 0.5) is 17.1 Å². The molecule has 0 amide bonds. The summed E-state index contributed by atoms with van der Waals surface area (Å²) in [5.41, 5.74) is 7.53. The fourth-order valence-corrected chi connectivity index (χ4v) is 3.86. The van der Waals surface area contributed by atoms with Crippen molar-refractivity contribution < 1.29 is 0 Å². The lowest BCUT2D eigenvalue weighted by atomic mass is 10.1. The van der Waals surface area contributed by atoms with Gasteiger partial charge < -0.3 is 4.90 Å². The first-order valence-corrected chi connectivity index (χ1v) is 11.6. The average Bonchev–Trinajstić information content (AvgIpc) is 2.87. The molecule has 0 aliphatic carbocycles. The minimum Gasteiger partial charge on any atom is -0.310 e. The molecular weight excluding hydrogens is 398 g/mol. The average molecular weight is 430 g/mol. The predicted molar refractivity (Wildman–Crippen MR) is 144 cm³/mol. The number of rotatable bonds is 4. The number of hydrogen-bond acceptors (Lipinski definition) is 1. The zero-order chi connectivity index (χ0) is 23.0. The van der Waals surface area contributed by atoms with E-state index < -0.39 is 0 Å². The second-order valence-electron chi connectivity index (χ2n) is 8.38. The van der Waals surface area contributed by atoms with Gasteiger partial charge in [0.25, 0.3) is 0 Å². The summed E-state index contributed by atoms with van der Waals surface area (Å²) in [5.74, 6) is 0. The summed E-state index contributed by atoms with van der Waals surface area (Å²) in [5, 5.41) is 2.52. The zero-order valence-corrected chi connectivity index (χ0v) is 19.7. The summed E-state index contributed by atoms with van der Waals surface area (Å²) in [6, 6.07) is 43.0. The second-order valence-corrected chi connectivity index (χ2v) is 8.38. The zero-order valence-electron chi connectivity index (χ0n) is 19.7. The molecule has 5 aromatic rings. The second kappa shape index (κ2) is 10.7. The third-order valence-corrected chi connectivity index (χ3v) is 5.83. The maximum atomic E-state index is 2.30. The van der Waals surface area contributed by atoms with E-state index >= 15 is 0 Å². The van der Waals surface area contributed by atoms with E-state index in [4.69, 9.17) is 0 Å². The van der Waals surface area contributed by atoms with Gasteiger partial charge in [-0.2, -0.15) is 0 Å². The monoisotopic (exact) mass is 429 g/mol. The first-order valence-electron chi connectivity index (χ1n) is 11.6. The lowest BCUT2D eigenvalue weighted by Gasteiger charge is -2.25. The summed E-state index contributed by atoms with van der Waals surface area (Å²) in [7, 11) is 0. The highest BCUT2D eigenvalue weighted by atomic mass is 15.1. The van der Waals surface area contributed by atoms with Crippen LogP contribution in [0.5, 0.6) is 0 Å². The van der Waals surface area contributed by atoms with Gasteiger partial charge in [0, 0.05) is 17.1 Å². The molecule has 1 heteroatoms. The van der Waals surface area contributed by atoms with Gasteiger partial charge in [-0.05, 0) is 73.0 Å². The van der Waals surface area contributed by atoms with Gasteiger partial charge >= 0.3 is 0 Å². The molecule has 0 unspecified atom stereocenters. The van der Waals surface area contributed by atoms with Gasteiger partial charge in [-0.15, -0.1) is 0 Å². The molecule has 0 N–H and O–H groups in total. The highest BCUT2D eigenvalue weighted by molar-refractivity contribution is 5.89. The number of benzene rings is 5. The van der Waals surface area contributed by atoms with Gasteiger partial charge in [-0.1, -0.05) is 103 Å². The van der Waals surface area contributed by atoms with E-state index in [1.165, 1.54) is 38.8 Å². The highest BCUT2D eigenvalue weighted by Crippen LogP contribution is 2.35. The smallest absolute Gasteiger partial charge is 0.0468 e. The molecule has 5 rings (SSSR count). The van der Waals surface area contributed by atoms with Crippen molar-refractivity contribution >= 4 is 27.8 Å². The van der Waals surface area contributed by atoms with Crippen LogP contribution in [0.1, 0.15) is 23.6 Å². The molecule has 1 nitrogen and oxygen atoms in total. The molecule has 0 aliphatic rings. The van der Waals surface area contributed by atoms with E-state index in [1.807, 2.05) is 0 Å². The van der Waals surface area contributed by atoms with Gasteiger partial charge in [0.05, 0.1) is 0 Å². The van der Waals surface area contributed by atoms with Crippen LogP contribution in [0.15, 0.2) is 121 Å². The summed E-state index contributed by atoms with van der Waals surface area (Å²) in [4.78, 5) is 2.30. The standard InChI is InChI=1S/C23H19N.C9H12/c1-18-11-14-22(15-12-18)24(21-9-3-2-4-10-21)23-16-13-19-7-5-6-8-20(19)17-23;1-3-9-6-4-8(2)5-7-9/h2-17H,1H3;4-7H,3H2,1-2H3. The molecule has 0 fully saturated rings. The van der Waals surface area contributed by atoms with Crippen molar-refractivity contribution in [2.75, 3.05) is 4.90 Å². The summed E-state index contributed by atoms with van der Waals surface area (Å²) >= 11 is 0. The van der Waals surface area contributed by atoms with E-state index in [9.17, 15) is 0 Å². The van der Waals surface area contributed by atoms with Crippen molar-refractivity contribution in [1.29, 1.82) is 0 Å². The van der Waals surface area contributed by atoms with Crippen LogP contribution >= 0.6 is 0 Å². The Kier molecular flexibility index (Phi) is 7.22. The largest absolute Gasteiger partial charge is 0.310 e. The van der Waals surface area contributed by atoms with Gasteiger partial charge in [-0.3, -0.25) is 0 Å². The summed E-state index contributed by atoms with van der Waals surface area (Å²) in [6.45, 7) is 6.40. The van der Waals surface area contributed by atoms with E-state index in [2.05, 4.69) is 147 Å². The summed E-state index contributed by atoms with van der Waals surface area (Å²) in [6.07, 6.45) is 1.14. The Morgan fingerprint density at radius 3 is 1.64 bits per heavy atom. The number of hydrogen-bond donors (Lipinski definition) is 0. The Morgan fingerprint density at radius 2 is 1.00 bits per heavy atom. The van der Waals surface area contributed by atoms with Crippen molar-refractivity contribution in [2.24, 2.45) is 0 Å². The van der Waals surface area contributed by atoms with Gasteiger partial charge in [-0.25, -0.2) is 0 Å². The number of aryl methyl sites for hydroxylation is 3. The molecule has 0 atom stereocenters. The molecule has 0 heterocycles. The lowest BCUT2D eigenvalue weighted by molar-refractivity contribution is 1.14. The van der Waals surface area contributed by atoms with Crippen molar-refractivity contribution in [1.82, 2.24) is 0 Å². The van der Waals surface area contributed by atoms with Crippen LogP contribution in [0.2, 0.25) is 0 Å². The fraction of sp³-hybridized carbons (Fsp3) is 0.125. The molecule has 0 spiro atoms. The van der Waals surface area contributed by atoms with Crippen LogP contribution in [0, 0.1) is 13.8 Å². The third kappa shape index (κ3) is 5.70. The fourth-order valence-electron chi connectivity index (χ4n) is 3.86. The predicted octanol–water partition coefficient (Wildman–Crippen LogP) is 9.18. The van der Waals surface area contributed by atoms with Gasteiger partial charge in [0.15, 0.2) is 0 Å². The minimum absolute atomic E-state index is 1.14. The molecule has 164 valence electrons. The maximum Gasteiger partial charge on any atom is 0.0468 e. The van der Waals surface area contributed by atoms with Crippen LogP contribution in [-0.4, -0.2) is 0 Å². The minimum atomic E-state index is 1.14. The molecule has 0 saturated heterocycles. The third-order valence-electron chi connectivity index (χ3n) is 5.83. The normalized spacial score (nSPS) is 10.4. The Morgan fingerprint density at radius 1 is 0.485 bits per heavy atom. The maximum absolute atomic E-state index is 2.30. The lowest BCUT2D eigenvalue weighted by Crippen LogP contribution is -2.09. The number of nitrogens with zero attached hydrogens (tertiary/aromatic N) is 1. The first kappa shape index (κ1) is 22.4. The number of fused-ring (bicyclic) bond motifs is 1. The Balaban J connectivity index is 0.000000243. The SMILES string of the molecule is CCc1ccc(C)cc1.Cc1ccc(N(c2ccccc2)c2ccc3ccccc3c2)cc1. The molecule has 0 bridgehead atoms. The Hall–Kier alpha value is -3.84. The van der Waals surface area contributed by atoms with Crippen molar-refractivity contribution in [3.8, 4) is 0 Å². The van der Waals surface area contributed by atoms with E-state index in [1.54, 1.807) is 0 Å². The Labute approximate surface area is 198 Å². The molecule has 0 aromatic heterocycles. The molecule has 0 saturated carbocycles. The van der Waals surface area contributed by atoms with E-state index in [0.717, 1.165) is 12.1 Å². The molecule has 33 heavy (non-hydrogen) atoms. The number of para-hydroxylation sites is 1.